The lowest BCUT2D eigenvalue weighted by Gasteiger charge is -2.15. The Morgan fingerprint density at radius 1 is 0.944 bits per heavy atom. The van der Waals surface area contributed by atoms with Gasteiger partial charge in [-0.15, -0.1) is 0 Å². The second-order valence-electron chi connectivity index (χ2n) is 7.52. The summed E-state index contributed by atoms with van der Waals surface area (Å²) in [5.41, 5.74) is 16.6. The lowest BCUT2D eigenvalue weighted by Crippen LogP contribution is -2.21. The number of benzene rings is 3. The van der Waals surface area contributed by atoms with Crippen LogP contribution in [0.15, 0.2) is 72.8 Å². The van der Waals surface area contributed by atoms with E-state index in [4.69, 9.17) is 21.4 Å². The topological polar surface area (TPSA) is 148 Å². The first kappa shape index (κ1) is 26.0. The lowest BCUT2D eigenvalue weighted by molar-refractivity contribution is -0.192. The number of carbonyl (C=O) groups excluding carboxylic acids is 2. The number of halogens is 3. The van der Waals surface area contributed by atoms with Gasteiger partial charge >= 0.3 is 12.1 Å². The molecule has 1 aliphatic heterocycles. The summed E-state index contributed by atoms with van der Waals surface area (Å²) in [5, 5.41) is 13.3. The molecule has 2 amide bonds. The van der Waals surface area contributed by atoms with Gasteiger partial charge in [0.1, 0.15) is 0 Å². The van der Waals surface area contributed by atoms with Gasteiger partial charge in [-0.3, -0.25) is 9.59 Å². The van der Waals surface area contributed by atoms with Crippen LogP contribution in [-0.4, -0.2) is 29.1 Å². The minimum Gasteiger partial charge on any atom is -0.475 e. The monoisotopic (exact) mass is 498 g/mol. The summed E-state index contributed by atoms with van der Waals surface area (Å²) < 4.78 is 31.7. The van der Waals surface area contributed by atoms with Crippen LogP contribution in [0.3, 0.4) is 0 Å². The third-order valence-corrected chi connectivity index (χ3v) is 5.06. The van der Waals surface area contributed by atoms with Crippen LogP contribution in [0, 0.1) is 0 Å². The van der Waals surface area contributed by atoms with E-state index in [0.29, 0.717) is 34.6 Å². The van der Waals surface area contributed by atoms with Crippen molar-refractivity contribution in [2.75, 3.05) is 10.6 Å². The third-order valence-electron chi connectivity index (χ3n) is 5.06. The molecule has 1 heterocycles. The molecule has 8 nitrogen and oxygen atoms in total. The number of alkyl halides is 3. The Hall–Kier alpha value is -4.64. The van der Waals surface area contributed by atoms with E-state index in [0.717, 1.165) is 16.8 Å². The molecule has 0 atom stereocenters. The van der Waals surface area contributed by atoms with Gasteiger partial charge in [-0.2, -0.15) is 13.2 Å². The van der Waals surface area contributed by atoms with Gasteiger partial charge < -0.3 is 27.2 Å². The number of rotatable bonds is 5. The van der Waals surface area contributed by atoms with Crippen molar-refractivity contribution in [3.8, 4) is 0 Å². The number of primary amides is 1. The summed E-state index contributed by atoms with van der Waals surface area (Å²) in [6.45, 7) is 0.463. The molecule has 0 saturated carbocycles. The van der Waals surface area contributed by atoms with Crippen molar-refractivity contribution in [3.05, 3.63) is 95.1 Å². The zero-order valence-corrected chi connectivity index (χ0v) is 18.6. The van der Waals surface area contributed by atoms with Gasteiger partial charge in [0.05, 0.1) is 11.3 Å². The highest BCUT2D eigenvalue weighted by atomic mass is 19.4. The summed E-state index contributed by atoms with van der Waals surface area (Å²) in [6, 6.07) is 22.3. The van der Waals surface area contributed by atoms with Crippen LogP contribution in [0.4, 0.5) is 24.5 Å². The van der Waals surface area contributed by atoms with E-state index in [2.05, 4.69) is 10.6 Å². The predicted molar refractivity (Wildman–Crippen MR) is 128 cm³/mol. The Balaban J connectivity index is 0.000000454. The van der Waals surface area contributed by atoms with Crippen LogP contribution in [0.25, 0.3) is 11.3 Å². The summed E-state index contributed by atoms with van der Waals surface area (Å²) >= 11 is 0. The first-order valence-electron chi connectivity index (χ1n) is 10.4. The highest BCUT2D eigenvalue weighted by Crippen LogP contribution is 2.38. The Morgan fingerprint density at radius 2 is 1.56 bits per heavy atom. The highest BCUT2D eigenvalue weighted by Gasteiger charge is 2.38. The molecular formula is C25H21F3N4O4. The number of nitrogens with one attached hydrogen (secondary N) is 2. The van der Waals surface area contributed by atoms with Crippen LogP contribution < -0.4 is 22.1 Å². The van der Waals surface area contributed by atoms with E-state index in [1.807, 2.05) is 54.6 Å². The van der Waals surface area contributed by atoms with Gasteiger partial charge in [0.15, 0.2) is 0 Å². The average Bonchev–Trinajstić information content (AvgIpc) is 3.18. The Bertz CT molecular complexity index is 1320. The molecule has 7 N–H and O–H groups in total. The molecule has 36 heavy (non-hydrogen) atoms. The Morgan fingerprint density at radius 3 is 2.08 bits per heavy atom. The van der Waals surface area contributed by atoms with Crippen LogP contribution in [0.1, 0.15) is 27.0 Å². The number of hydrogen-bond acceptors (Lipinski definition) is 5. The van der Waals surface area contributed by atoms with E-state index in [1.165, 1.54) is 0 Å². The molecular weight excluding hydrogens is 477 g/mol. The van der Waals surface area contributed by atoms with Crippen molar-refractivity contribution in [1.29, 1.82) is 0 Å². The van der Waals surface area contributed by atoms with Gasteiger partial charge in [-0.05, 0) is 35.4 Å². The summed E-state index contributed by atoms with van der Waals surface area (Å²) in [6.07, 6.45) is -5.08. The number of nitrogens with two attached hydrogens (primary N) is 2. The van der Waals surface area contributed by atoms with Crippen LogP contribution in [0.5, 0.6) is 0 Å². The lowest BCUT2D eigenvalue weighted by atomic mass is 9.99. The van der Waals surface area contributed by atoms with Gasteiger partial charge in [0.25, 0.3) is 5.91 Å². The molecule has 0 bridgehead atoms. The van der Waals surface area contributed by atoms with Gasteiger partial charge in [-0.25, -0.2) is 4.79 Å². The zero-order chi connectivity index (χ0) is 26.5. The first-order valence-corrected chi connectivity index (χ1v) is 10.4. The molecule has 0 aromatic heterocycles. The van der Waals surface area contributed by atoms with Crippen LogP contribution in [-0.2, 0) is 16.1 Å². The highest BCUT2D eigenvalue weighted by molar-refractivity contribution is 6.37. The maximum absolute atomic E-state index is 12.9. The fourth-order valence-corrected chi connectivity index (χ4v) is 3.33. The smallest absolute Gasteiger partial charge is 0.475 e. The predicted octanol–water partition coefficient (Wildman–Crippen LogP) is 3.81. The normalized spacial score (nSPS) is 13.6. The molecule has 3 aromatic carbocycles. The number of fused-ring (bicyclic) bond motifs is 1. The molecule has 11 heteroatoms. The van der Waals surface area contributed by atoms with Crippen molar-refractivity contribution < 1.29 is 32.7 Å². The summed E-state index contributed by atoms with van der Waals surface area (Å²) in [5.74, 6) is -3.54. The molecule has 0 unspecified atom stereocenters. The quantitative estimate of drug-likeness (QED) is 0.338. The molecule has 0 saturated heterocycles. The third kappa shape index (κ3) is 6.07. The fraction of sp³-hybridized carbons (Fsp3) is 0.0800. The van der Waals surface area contributed by atoms with Gasteiger partial charge in [0, 0.05) is 29.0 Å². The number of carbonyl (C=O) groups is 3. The number of amides is 2. The van der Waals surface area contributed by atoms with Gasteiger partial charge in [-0.1, -0.05) is 48.5 Å². The number of carboxylic acids is 1. The number of carboxylic acid groups (broad SMARTS) is 1. The van der Waals surface area contributed by atoms with Crippen molar-refractivity contribution in [2.45, 2.75) is 12.7 Å². The maximum Gasteiger partial charge on any atom is 0.490 e. The van der Waals surface area contributed by atoms with Crippen molar-refractivity contribution in [1.82, 2.24) is 0 Å². The Labute approximate surface area is 203 Å². The molecule has 0 aliphatic carbocycles. The standard InChI is InChI=1S/C23H20N4O2.C2HF3O2/c24-13-14-6-9-17(10-7-14)26-21(15-4-2-1-3-5-15)20-18-11-8-16(22(25)28)12-19(18)27-23(20)29;3-2(4,5)1(6)7/h1-12,26H,13,24H2,(H2,25,28)(H,27,29);(H,6,7)/b21-20-;. The molecule has 1 aliphatic rings. The van der Waals surface area contributed by atoms with Gasteiger partial charge in [0.2, 0.25) is 5.91 Å². The minimum atomic E-state index is -5.08. The van der Waals surface area contributed by atoms with E-state index in [1.54, 1.807) is 18.2 Å². The fourth-order valence-electron chi connectivity index (χ4n) is 3.33. The van der Waals surface area contributed by atoms with Crippen LogP contribution >= 0.6 is 0 Å². The van der Waals surface area contributed by atoms with Crippen LogP contribution in [0.2, 0.25) is 0 Å². The van der Waals surface area contributed by atoms with E-state index in [9.17, 15) is 22.8 Å². The van der Waals surface area contributed by atoms with Crippen molar-refractivity contribution in [2.24, 2.45) is 11.5 Å². The summed E-state index contributed by atoms with van der Waals surface area (Å²) in [7, 11) is 0. The Kier molecular flexibility index (Phi) is 7.75. The summed E-state index contributed by atoms with van der Waals surface area (Å²) in [4.78, 5) is 33.3. The second-order valence-corrected chi connectivity index (χ2v) is 7.52. The minimum absolute atomic E-state index is 0.244. The average molecular weight is 498 g/mol. The molecule has 0 radical (unpaired) electrons. The SMILES string of the molecule is NCc1ccc(N/C(=C2\C(=O)Nc3cc(C(N)=O)ccc32)c2ccccc2)cc1.O=C(O)C(F)(F)F. The van der Waals surface area contributed by atoms with Crippen molar-refractivity contribution in [3.63, 3.8) is 0 Å². The maximum atomic E-state index is 12.9. The van der Waals surface area contributed by atoms with E-state index >= 15 is 0 Å². The molecule has 0 spiro atoms. The number of hydrogen-bond donors (Lipinski definition) is 5. The molecule has 0 fully saturated rings. The number of anilines is 2. The van der Waals surface area contributed by atoms with E-state index < -0.39 is 18.1 Å². The second kappa shape index (κ2) is 10.7. The number of aliphatic carboxylic acids is 1. The van der Waals surface area contributed by atoms with E-state index in [-0.39, 0.29) is 5.91 Å². The largest absolute Gasteiger partial charge is 0.490 e. The molecule has 3 aromatic rings. The first-order chi connectivity index (χ1) is 17.0. The zero-order valence-electron chi connectivity index (χ0n) is 18.6. The molecule has 4 rings (SSSR count). The van der Waals surface area contributed by atoms with Crippen molar-refractivity contribution >= 4 is 40.4 Å². The molecule has 186 valence electrons.